The Morgan fingerprint density at radius 3 is 2.35 bits per heavy atom. The molecule has 0 amide bonds. The van der Waals surface area contributed by atoms with Gasteiger partial charge in [0.25, 0.3) is 0 Å². The van der Waals surface area contributed by atoms with Gasteiger partial charge in [0, 0.05) is 12.6 Å². The van der Waals surface area contributed by atoms with Crippen LogP contribution in [-0.2, 0) is 13.2 Å². The van der Waals surface area contributed by atoms with Gasteiger partial charge in [-0.2, -0.15) is 0 Å². The fraction of sp³-hybridized carbons (Fsp3) is 0.294. The Morgan fingerprint density at radius 1 is 1.00 bits per heavy atom. The van der Waals surface area contributed by atoms with E-state index in [0.717, 1.165) is 17.9 Å². The Bertz CT molecular complexity index is 496. The molecule has 2 N–H and O–H groups in total. The highest BCUT2D eigenvalue weighted by Crippen LogP contribution is 2.14. The molecule has 2 rings (SSSR count). The number of ether oxygens (including phenoxy) is 1. The molecular formula is C17H21NO2. The van der Waals surface area contributed by atoms with Crippen LogP contribution in [0.3, 0.4) is 0 Å². The van der Waals surface area contributed by atoms with Crippen molar-refractivity contribution in [1.29, 1.82) is 0 Å². The first kappa shape index (κ1) is 14.6. The fourth-order valence-electron chi connectivity index (χ4n) is 1.80. The van der Waals surface area contributed by atoms with Crippen molar-refractivity contribution in [1.82, 2.24) is 5.32 Å². The minimum atomic E-state index is 0.115. The van der Waals surface area contributed by atoms with Crippen molar-refractivity contribution >= 4 is 0 Å². The first-order valence-corrected chi connectivity index (χ1v) is 6.88. The molecule has 20 heavy (non-hydrogen) atoms. The van der Waals surface area contributed by atoms with Gasteiger partial charge in [0.1, 0.15) is 12.4 Å². The van der Waals surface area contributed by atoms with E-state index in [1.54, 1.807) is 0 Å². The molecule has 0 aromatic heterocycles. The maximum absolute atomic E-state index is 8.95. The van der Waals surface area contributed by atoms with E-state index in [9.17, 15) is 0 Å². The van der Waals surface area contributed by atoms with Gasteiger partial charge in [-0.3, -0.25) is 0 Å². The van der Waals surface area contributed by atoms with Crippen molar-refractivity contribution in [2.45, 2.75) is 26.1 Å². The fourth-order valence-corrected chi connectivity index (χ4v) is 1.80. The van der Waals surface area contributed by atoms with Crippen LogP contribution in [0, 0.1) is 0 Å². The van der Waals surface area contributed by atoms with Gasteiger partial charge in [-0.15, -0.1) is 0 Å². The van der Waals surface area contributed by atoms with Crippen molar-refractivity contribution in [2.75, 3.05) is 6.61 Å². The molecule has 0 radical (unpaired) electrons. The molecule has 0 spiro atoms. The van der Waals surface area contributed by atoms with Crippen LogP contribution in [0.15, 0.2) is 54.6 Å². The van der Waals surface area contributed by atoms with Gasteiger partial charge in [-0.1, -0.05) is 42.5 Å². The van der Waals surface area contributed by atoms with E-state index in [-0.39, 0.29) is 12.6 Å². The standard InChI is InChI=1S/C17H21NO2/c1-14(12-19)18-11-15-7-9-17(10-8-15)20-13-16-5-3-2-4-6-16/h2-10,14,18-19H,11-13H2,1H3/t14-/m0/s1. The summed E-state index contributed by atoms with van der Waals surface area (Å²) in [4.78, 5) is 0. The number of aliphatic hydroxyl groups excluding tert-OH is 1. The SMILES string of the molecule is C[C@@H](CO)NCc1ccc(OCc2ccccc2)cc1. The van der Waals surface area contributed by atoms with Crippen LogP contribution in [0.5, 0.6) is 5.75 Å². The van der Waals surface area contributed by atoms with Gasteiger partial charge in [-0.25, -0.2) is 0 Å². The molecule has 0 bridgehead atoms. The van der Waals surface area contributed by atoms with Crippen molar-refractivity contribution in [3.05, 3.63) is 65.7 Å². The van der Waals surface area contributed by atoms with Crippen molar-refractivity contribution < 1.29 is 9.84 Å². The van der Waals surface area contributed by atoms with Crippen LogP contribution in [0.4, 0.5) is 0 Å². The lowest BCUT2D eigenvalue weighted by Crippen LogP contribution is -2.28. The summed E-state index contributed by atoms with van der Waals surface area (Å²) < 4.78 is 5.73. The molecule has 0 heterocycles. The summed E-state index contributed by atoms with van der Waals surface area (Å²) in [5, 5.41) is 12.2. The summed E-state index contributed by atoms with van der Waals surface area (Å²) in [6.45, 7) is 3.44. The molecule has 2 aromatic carbocycles. The average molecular weight is 271 g/mol. The normalized spacial score (nSPS) is 12.1. The van der Waals surface area contributed by atoms with E-state index in [0.29, 0.717) is 6.61 Å². The number of aliphatic hydroxyl groups is 1. The van der Waals surface area contributed by atoms with Gasteiger partial charge < -0.3 is 15.2 Å². The molecule has 0 aliphatic rings. The van der Waals surface area contributed by atoms with Gasteiger partial charge >= 0.3 is 0 Å². The Balaban J connectivity index is 1.82. The highest BCUT2D eigenvalue weighted by Gasteiger charge is 2.00. The molecule has 0 unspecified atom stereocenters. The van der Waals surface area contributed by atoms with Crippen molar-refractivity contribution in [3.63, 3.8) is 0 Å². The molecule has 1 atom stereocenters. The van der Waals surface area contributed by atoms with Crippen LogP contribution in [0.25, 0.3) is 0 Å². The molecule has 0 aliphatic carbocycles. The smallest absolute Gasteiger partial charge is 0.119 e. The molecule has 0 saturated heterocycles. The van der Waals surface area contributed by atoms with Crippen molar-refractivity contribution in [2.24, 2.45) is 0 Å². The third kappa shape index (κ3) is 4.68. The predicted octanol–water partition coefficient (Wildman–Crippen LogP) is 2.74. The van der Waals surface area contributed by atoms with Gasteiger partial charge in [0.05, 0.1) is 6.61 Å². The molecule has 106 valence electrons. The largest absolute Gasteiger partial charge is 0.489 e. The molecule has 0 fully saturated rings. The maximum Gasteiger partial charge on any atom is 0.119 e. The molecular weight excluding hydrogens is 250 g/mol. The van der Waals surface area contributed by atoms with E-state index < -0.39 is 0 Å². The van der Waals surface area contributed by atoms with Gasteiger partial charge in [-0.05, 0) is 30.2 Å². The monoisotopic (exact) mass is 271 g/mol. The second-order valence-corrected chi connectivity index (χ2v) is 4.88. The van der Waals surface area contributed by atoms with E-state index in [4.69, 9.17) is 9.84 Å². The first-order chi connectivity index (χ1) is 9.78. The zero-order chi connectivity index (χ0) is 14.2. The number of hydrogen-bond acceptors (Lipinski definition) is 3. The second-order valence-electron chi connectivity index (χ2n) is 4.88. The number of benzene rings is 2. The van der Waals surface area contributed by atoms with Gasteiger partial charge in [0.2, 0.25) is 0 Å². The van der Waals surface area contributed by atoms with E-state index in [1.165, 1.54) is 5.56 Å². The van der Waals surface area contributed by atoms with Crippen LogP contribution < -0.4 is 10.1 Å². The van der Waals surface area contributed by atoms with Gasteiger partial charge in [0.15, 0.2) is 0 Å². The molecule has 2 aromatic rings. The molecule has 3 heteroatoms. The second kappa shape index (κ2) is 7.68. The third-order valence-electron chi connectivity index (χ3n) is 3.10. The minimum absolute atomic E-state index is 0.115. The van der Waals surface area contributed by atoms with Crippen LogP contribution in [-0.4, -0.2) is 17.8 Å². The number of rotatable bonds is 7. The maximum atomic E-state index is 8.95. The first-order valence-electron chi connectivity index (χ1n) is 6.88. The Kier molecular flexibility index (Phi) is 5.59. The number of hydrogen-bond donors (Lipinski definition) is 2. The third-order valence-corrected chi connectivity index (χ3v) is 3.10. The molecule has 0 saturated carbocycles. The highest BCUT2D eigenvalue weighted by atomic mass is 16.5. The lowest BCUT2D eigenvalue weighted by atomic mass is 10.2. The summed E-state index contributed by atoms with van der Waals surface area (Å²) in [5.41, 5.74) is 2.34. The summed E-state index contributed by atoms with van der Waals surface area (Å²) >= 11 is 0. The molecule has 0 aliphatic heterocycles. The summed E-state index contributed by atoms with van der Waals surface area (Å²) in [7, 11) is 0. The average Bonchev–Trinajstić information content (AvgIpc) is 2.52. The van der Waals surface area contributed by atoms with Crippen LogP contribution >= 0.6 is 0 Å². The summed E-state index contributed by atoms with van der Waals surface area (Å²) in [6, 6.07) is 18.3. The minimum Gasteiger partial charge on any atom is -0.489 e. The topological polar surface area (TPSA) is 41.5 Å². The van der Waals surface area contributed by atoms with E-state index in [1.807, 2.05) is 49.4 Å². The quantitative estimate of drug-likeness (QED) is 0.813. The lowest BCUT2D eigenvalue weighted by Gasteiger charge is -2.11. The van der Waals surface area contributed by atoms with Crippen LogP contribution in [0.1, 0.15) is 18.1 Å². The lowest BCUT2D eigenvalue weighted by molar-refractivity contribution is 0.251. The van der Waals surface area contributed by atoms with E-state index >= 15 is 0 Å². The predicted molar refractivity (Wildman–Crippen MR) is 80.6 cm³/mol. The zero-order valence-electron chi connectivity index (χ0n) is 11.8. The van der Waals surface area contributed by atoms with E-state index in [2.05, 4.69) is 17.4 Å². The summed E-state index contributed by atoms with van der Waals surface area (Å²) in [5.74, 6) is 0.868. The Labute approximate surface area is 120 Å². The van der Waals surface area contributed by atoms with Crippen molar-refractivity contribution in [3.8, 4) is 5.75 Å². The number of nitrogens with one attached hydrogen (secondary N) is 1. The molecule has 3 nitrogen and oxygen atoms in total. The Morgan fingerprint density at radius 2 is 1.70 bits per heavy atom. The Hall–Kier alpha value is -1.84. The summed E-state index contributed by atoms with van der Waals surface area (Å²) in [6.07, 6.45) is 0. The highest BCUT2D eigenvalue weighted by molar-refractivity contribution is 5.27. The zero-order valence-corrected chi connectivity index (χ0v) is 11.8. The van der Waals surface area contributed by atoms with Crippen LogP contribution in [0.2, 0.25) is 0 Å².